The molecular weight excluding hydrogens is 349 g/mol. The van der Waals surface area contributed by atoms with E-state index >= 15 is 0 Å². The highest BCUT2D eigenvalue weighted by molar-refractivity contribution is 5.92. The van der Waals surface area contributed by atoms with Crippen LogP contribution in [-0.4, -0.2) is 27.9 Å². The number of carbonyl (C=O) groups is 2. The van der Waals surface area contributed by atoms with E-state index in [1.807, 2.05) is 13.8 Å². The Morgan fingerprint density at radius 3 is 2.67 bits per heavy atom. The third-order valence-electron chi connectivity index (χ3n) is 4.82. The Balaban J connectivity index is 1.59. The second kappa shape index (κ2) is 8.33. The summed E-state index contributed by atoms with van der Waals surface area (Å²) in [6, 6.07) is 7.56. The number of rotatable bonds is 8. The average molecular weight is 373 g/mol. The summed E-state index contributed by atoms with van der Waals surface area (Å²) in [4.78, 5) is 26.5. The minimum atomic E-state index is -0.377. The lowest BCUT2D eigenvalue weighted by Crippen LogP contribution is -2.38. The molecule has 1 heterocycles. The number of nitrogens with one attached hydrogen (secondary N) is 1. The summed E-state index contributed by atoms with van der Waals surface area (Å²) >= 11 is 0. The molecule has 1 aromatic carbocycles. The zero-order valence-corrected chi connectivity index (χ0v) is 15.6. The predicted octanol–water partition coefficient (Wildman–Crippen LogP) is 3.28. The highest BCUT2D eigenvalue weighted by Crippen LogP contribution is 2.32. The van der Waals surface area contributed by atoms with Gasteiger partial charge in [0.05, 0.1) is 6.54 Å². The Bertz CT molecular complexity index is 799. The van der Waals surface area contributed by atoms with E-state index in [1.54, 1.807) is 23.1 Å². The highest BCUT2D eigenvalue weighted by Gasteiger charge is 2.35. The fraction of sp³-hybridized carbons (Fsp3) is 0.450. The third kappa shape index (κ3) is 4.93. The van der Waals surface area contributed by atoms with Crippen LogP contribution in [-0.2, 0) is 17.9 Å². The first kappa shape index (κ1) is 19.1. The quantitative estimate of drug-likeness (QED) is 0.770. The first-order valence-electron chi connectivity index (χ1n) is 9.26. The summed E-state index contributed by atoms with van der Waals surface area (Å²) in [5.41, 5.74) is 0.946. The van der Waals surface area contributed by atoms with Crippen LogP contribution in [0.2, 0.25) is 0 Å². The van der Waals surface area contributed by atoms with Crippen molar-refractivity contribution in [2.75, 3.05) is 0 Å². The van der Waals surface area contributed by atoms with Crippen molar-refractivity contribution in [3.63, 3.8) is 0 Å². The Morgan fingerprint density at radius 1 is 1.33 bits per heavy atom. The topological polar surface area (TPSA) is 75.4 Å². The number of hydrogen-bond acceptors (Lipinski definition) is 4. The van der Waals surface area contributed by atoms with E-state index in [0.717, 1.165) is 24.8 Å². The highest BCUT2D eigenvalue weighted by atomic mass is 19.1. The fourth-order valence-electron chi connectivity index (χ4n) is 2.77. The molecule has 1 fully saturated rings. The van der Waals surface area contributed by atoms with E-state index in [2.05, 4.69) is 10.5 Å². The summed E-state index contributed by atoms with van der Waals surface area (Å²) in [6.45, 7) is 4.61. The number of halogens is 1. The van der Waals surface area contributed by atoms with Gasteiger partial charge in [-0.3, -0.25) is 9.59 Å². The largest absolute Gasteiger partial charge is 0.359 e. The van der Waals surface area contributed by atoms with Crippen molar-refractivity contribution in [1.82, 2.24) is 15.4 Å². The third-order valence-corrected chi connectivity index (χ3v) is 4.82. The van der Waals surface area contributed by atoms with Crippen LogP contribution in [0.1, 0.15) is 54.9 Å². The van der Waals surface area contributed by atoms with Crippen LogP contribution in [0.25, 0.3) is 0 Å². The van der Waals surface area contributed by atoms with Gasteiger partial charge in [0.2, 0.25) is 5.91 Å². The summed E-state index contributed by atoms with van der Waals surface area (Å²) in [6.07, 6.45) is 2.73. The molecule has 0 bridgehead atoms. The van der Waals surface area contributed by atoms with Gasteiger partial charge in [-0.15, -0.1) is 0 Å². The fourth-order valence-corrected chi connectivity index (χ4v) is 2.77. The van der Waals surface area contributed by atoms with Gasteiger partial charge >= 0.3 is 0 Å². The summed E-state index contributed by atoms with van der Waals surface area (Å²) in [7, 11) is 0. The SMILES string of the molecule is CCC(C)N(Cc1cc(C(=O)NCc2ccc(F)cc2)no1)C(=O)C1CC1. The van der Waals surface area contributed by atoms with Crippen molar-refractivity contribution < 1.29 is 18.5 Å². The van der Waals surface area contributed by atoms with Crippen LogP contribution >= 0.6 is 0 Å². The van der Waals surface area contributed by atoms with Crippen LogP contribution in [0.5, 0.6) is 0 Å². The van der Waals surface area contributed by atoms with Crippen LogP contribution < -0.4 is 5.32 Å². The molecule has 0 spiro atoms. The van der Waals surface area contributed by atoms with E-state index in [0.29, 0.717) is 12.3 Å². The molecule has 1 aliphatic carbocycles. The number of aromatic nitrogens is 1. The predicted molar refractivity (Wildman–Crippen MR) is 97.1 cm³/mol. The molecule has 1 unspecified atom stereocenters. The van der Waals surface area contributed by atoms with Gasteiger partial charge in [-0.05, 0) is 43.9 Å². The van der Waals surface area contributed by atoms with Crippen LogP contribution in [0.15, 0.2) is 34.9 Å². The van der Waals surface area contributed by atoms with Gasteiger partial charge in [0.1, 0.15) is 5.82 Å². The van der Waals surface area contributed by atoms with E-state index in [4.69, 9.17) is 4.52 Å². The molecule has 144 valence electrons. The molecule has 1 saturated carbocycles. The maximum Gasteiger partial charge on any atom is 0.273 e. The van der Waals surface area contributed by atoms with Crippen molar-refractivity contribution in [3.8, 4) is 0 Å². The first-order chi connectivity index (χ1) is 13.0. The average Bonchev–Trinajstić information content (AvgIpc) is 3.42. The molecule has 2 amide bonds. The molecule has 0 radical (unpaired) electrons. The molecule has 1 N–H and O–H groups in total. The van der Waals surface area contributed by atoms with Crippen molar-refractivity contribution in [2.24, 2.45) is 5.92 Å². The second-order valence-electron chi connectivity index (χ2n) is 6.99. The number of hydrogen-bond donors (Lipinski definition) is 1. The number of amides is 2. The molecule has 0 saturated heterocycles. The van der Waals surface area contributed by atoms with E-state index in [9.17, 15) is 14.0 Å². The Kier molecular flexibility index (Phi) is 5.88. The summed E-state index contributed by atoms with van der Waals surface area (Å²) < 4.78 is 18.2. The molecule has 27 heavy (non-hydrogen) atoms. The van der Waals surface area contributed by atoms with Crippen molar-refractivity contribution in [2.45, 2.75) is 52.2 Å². The lowest BCUT2D eigenvalue weighted by atomic mass is 10.2. The summed E-state index contributed by atoms with van der Waals surface area (Å²) in [5, 5.41) is 6.54. The molecule has 7 heteroatoms. The van der Waals surface area contributed by atoms with E-state index in [1.165, 1.54) is 12.1 Å². The molecule has 1 atom stereocenters. The van der Waals surface area contributed by atoms with Gasteiger partial charge in [-0.2, -0.15) is 0 Å². The normalized spacial score (nSPS) is 14.6. The molecule has 1 aliphatic rings. The van der Waals surface area contributed by atoms with Gasteiger partial charge in [-0.25, -0.2) is 4.39 Å². The molecule has 6 nitrogen and oxygen atoms in total. The molecule has 0 aliphatic heterocycles. The number of carbonyl (C=O) groups excluding carboxylic acids is 2. The Morgan fingerprint density at radius 2 is 2.04 bits per heavy atom. The van der Waals surface area contributed by atoms with Gasteiger partial charge in [0, 0.05) is 24.6 Å². The van der Waals surface area contributed by atoms with E-state index in [-0.39, 0.29) is 41.8 Å². The van der Waals surface area contributed by atoms with E-state index < -0.39 is 0 Å². The maximum absolute atomic E-state index is 12.9. The van der Waals surface area contributed by atoms with Gasteiger partial charge in [-0.1, -0.05) is 24.2 Å². The van der Waals surface area contributed by atoms with Crippen molar-refractivity contribution in [1.29, 1.82) is 0 Å². The van der Waals surface area contributed by atoms with Crippen LogP contribution in [0, 0.1) is 11.7 Å². The maximum atomic E-state index is 12.9. The van der Waals surface area contributed by atoms with Crippen LogP contribution in [0.4, 0.5) is 4.39 Å². The smallest absolute Gasteiger partial charge is 0.273 e. The monoisotopic (exact) mass is 373 g/mol. The summed E-state index contributed by atoms with van der Waals surface area (Å²) in [5.74, 6) is 0.0513. The minimum Gasteiger partial charge on any atom is -0.359 e. The molecule has 3 rings (SSSR count). The Hall–Kier alpha value is -2.70. The minimum absolute atomic E-state index is 0.0963. The number of nitrogens with zero attached hydrogens (tertiary/aromatic N) is 2. The molecule has 2 aromatic rings. The first-order valence-corrected chi connectivity index (χ1v) is 9.26. The standard InChI is InChI=1S/C20H24FN3O3/c1-3-13(2)24(20(26)15-6-7-15)12-17-10-18(23-27-17)19(25)22-11-14-4-8-16(21)9-5-14/h4-5,8-10,13,15H,3,6-7,11-12H2,1-2H3,(H,22,25). The zero-order valence-electron chi connectivity index (χ0n) is 15.6. The zero-order chi connectivity index (χ0) is 19.4. The molecular formula is C20H24FN3O3. The Labute approximate surface area is 157 Å². The lowest BCUT2D eigenvalue weighted by Gasteiger charge is -2.27. The van der Waals surface area contributed by atoms with Crippen molar-refractivity contribution in [3.05, 3.63) is 53.2 Å². The van der Waals surface area contributed by atoms with Gasteiger partial charge in [0.15, 0.2) is 11.5 Å². The van der Waals surface area contributed by atoms with Gasteiger partial charge in [0.25, 0.3) is 5.91 Å². The number of benzene rings is 1. The van der Waals surface area contributed by atoms with Gasteiger partial charge < -0.3 is 14.7 Å². The second-order valence-corrected chi connectivity index (χ2v) is 6.99. The van der Waals surface area contributed by atoms with Crippen molar-refractivity contribution >= 4 is 11.8 Å². The lowest BCUT2D eigenvalue weighted by molar-refractivity contribution is -0.135. The molecule has 1 aromatic heterocycles. The van der Waals surface area contributed by atoms with Crippen LogP contribution in [0.3, 0.4) is 0 Å².